The number of hydrogen-bond acceptors (Lipinski definition) is 8. The Hall–Kier alpha value is -3.24. The van der Waals surface area contributed by atoms with Gasteiger partial charge in [-0.15, -0.1) is 0 Å². The van der Waals surface area contributed by atoms with Crippen molar-refractivity contribution in [3.8, 4) is 0 Å². The van der Waals surface area contributed by atoms with Crippen molar-refractivity contribution in [1.82, 2.24) is 29.5 Å². The molecule has 0 atom stereocenters. The molecule has 1 amide bonds. The molecule has 3 aromatic heterocycles. The van der Waals surface area contributed by atoms with Crippen molar-refractivity contribution in [3.63, 3.8) is 0 Å². The summed E-state index contributed by atoms with van der Waals surface area (Å²) in [6.07, 6.45) is 8.03. The lowest BCUT2D eigenvalue weighted by atomic mass is 10.2. The summed E-state index contributed by atoms with van der Waals surface area (Å²) in [6.45, 7) is 2.76. The van der Waals surface area contributed by atoms with Crippen molar-refractivity contribution in [2.75, 3.05) is 50.5 Å². The highest BCUT2D eigenvalue weighted by Gasteiger charge is 2.26. The molecule has 4 heterocycles. The van der Waals surface area contributed by atoms with Gasteiger partial charge in [-0.25, -0.2) is 9.97 Å². The Morgan fingerprint density at radius 2 is 1.85 bits per heavy atom. The number of nitrogens with zero attached hydrogens (tertiary/aromatic N) is 7. The van der Waals surface area contributed by atoms with Crippen LogP contribution in [0.5, 0.6) is 0 Å². The highest BCUT2D eigenvalue weighted by molar-refractivity contribution is 5.97. The summed E-state index contributed by atoms with van der Waals surface area (Å²) in [5.74, 6) is 1.09. The average Bonchev–Trinajstić information content (AvgIpc) is 3.47. The molecule has 0 radical (unpaired) electrons. The minimum atomic E-state index is -0.0197. The fourth-order valence-electron chi connectivity index (χ4n) is 4.71. The Kier molecular flexibility index (Phi) is 5.86. The molecule has 2 N–H and O–H groups in total. The first-order valence-corrected chi connectivity index (χ1v) is 11.5. The molecule has 33 heavy (non-hydrogen) atoms. The van der Waals surface area contributed by atoms with Crippen LogP contribution in [0.15, 0.2) is 30.6 Å². The van der Waals surface area contributed by atoms with Crippen LogP contribution in [0.2, 0.25) is 0 Å². The van der Waals surface area contributed by atoms with Gasteiger partial charge in [0.15, 0.2) is 0 Å². The fourth-order valence-corrected chi connectivity index (χ4v) is 4.71. The number of anilines is 3. The molecule has 0 spiro atoms. The van der Waals surface area contributed by atoms with Gasteiger partial charge in [0.05, 0.1) is 11.9 Å². The molecule has 0 unspecified atom stereocenters. The Labute approximate surface area is 192 Å². The van der Waals surface area contributed by atoms with E-state index in [0.717, 1.165) is 42.7 Å². The quantitative estimate of drug-likeness (QED) is 0.612. The molecule has 1 aliphatic heterocycles. The van der Waals surface area contributed by atoms with Crippen molar-refractivity contribution >= 4 is 34.4 Å². The van der Waals surface area contributed by atoms with Crippen LogP contribution >= 0.6 is 0 Å². The molecule has 0 aromatic carbocycles. The van der Waals surface area contributed by atoms with Gasteiger partial charge in [-0.2, -0.15) is 10.0 Å². The largest absolute Gasteiger partial charge is 0.368 e. The molecule has 3 aromatic rings. The molecule has 10 nitrogen and oxygen atoms in total. The first kappa shape index (κ1) is 21.6. The van der Waals surface area contributed by atoms with Crippen LogP contribution in [0.4, 0.5) is 17.5 Å². The number of carbonyl (C=O) groups is 1. The Bertz CT molecular complexity index is 1130. The van der Waals surface area contributed by atoms with Crippen LogP contribution in [0.1, 0.15) is 42.2 Å². The van der Waals surface area contributed by atoms with Crippen LogP contribution in [-0.2, 0) is 0 Å². The maximum Gasteiger partial charge on any atom is 0.270 e. The molecule has 0 bridgehead atoms. The third-order valence-electron chi connectivity index (χ3n) is 6.50. The first-order chi connectivity index (χ1) is 16.0. The average molecular weight is 451 g/mol. The van der Waals surface area contributed by atoms with E-state index < -0.39 is 0 Å². The van der Waals surface area contributed by atoms with Crippen molar-refractivity contribution in [3.05, 3.63) is 36.3 Å². The van der Waals surface area contributed by atoms with Crippen molar-refractivity contribution < 1.29 is 10.0 Å². The second-order valence-electron chi connectivity index (χ2n) is 8.98. The van der Waals surface area contributed by atoms with Crippen LogP contribution < -0.4 is 10.2 Å². The van der Waals surface area contributed by atoms with E-state index in [1.165, 1.54) is 17.9 Å². The van der Waals surface area contributed by atoms with Crippen LogP contribution in [0.3, 0.4) is 0 Å². The second kappa shape index (κ2) is 8.95. The number of carbonyl (C=O) groups excluding carboxylic acids is 1. The van der Waals surface area contributed by atoms with Gasteiger partial charge in [0.1, 0.15) is 17.2 Å². The Morgan fingerprint density at radius 3 is 2.52 bits per heavy atom. The van der Waals surface area contributed by atoms with Crippen LogP contribution in [-0.4, -0.2) is 80.9 Å². The van der Waals surface area contributed by atoms with Crippen LogP contribution in [0, 0.1) is 0 Å². The van der Waals surface area contributed by atoms with E-state index in [-0.39, 0.29) is 11.9 Å². The predicted octanol–water partition coefficient (Wildman–Crippen LogP) is 2.90. The zero-order valence-corrected chi connectivity index (χ0v) is 19.1. The number of hydroxylamine groups is 2. The molecule has 2 fully saturated rings. The molecule has 1 saturated carbocycles. The van der Waals surface area contributed by atoms with E-state index in [0.29, 0.717) is 30.5 Å². The molecule has 1 saturated heterocycles. The summed E-state index contributed by atoms with van der Waals surface area (Å²) in [5.41, 5.74) is 2.47. The third-order valence-corrected chi connectivity index (χ3v) is 6.50. The lowest BCUT2D eigenvalue weighted by Gasteiger charge is -2.32. The smallest absolute Gasteiger partial charge is 0.270 e. The molecular formula is C23H30N8O2. The number of rotatable bonds is 5. The van der Waals surface area contributed by atoms with E-state index >= 15 is 0 Å². The monoisotopic (exact) mass is 450 g/mol. The van der Waals surface area contributed by atoms with Gasteiger partial charge in [-0.1, -0.05) is 12.8 Å². The molecule has 5 rings (SSSR count). The number of nitrogens with one attached hydrogen (secondary N) is 1. The molecular weight excluding hydrogens is 420 g/mol. The van der Waals surface area contributed by atoms with Gasteiger partial charge < -0.3 is 24.9 Å². The fraction of sp³-hybridized carbons (Fsp3) is 0.478. The number of hydrogen-bond donors (Lipinski definition) is 2. The number of aromatic nitrogens is 4. The summed E-state index contributed by atoms with van der Waals surface area (Å²) in [4.78, 5) is 30.4. The SMILES string of the molecule is CN(C)C(=O)c1cc2cnc(Nc3ccc(N4CCN(O)CC4)cn3)nc2n1C1CCCC1. The van der Waals surface area contributed by atoms with Gasteiger partial charge >= 0.3 is 0 Å². The van der Waals surface area contributed by atoms with Gasteiger partial charge in [0.2, 0.25) is 5.95 Å². The van der Waals surface area contributed by atoms with Crippen molar-refractivity contribution in [2.45, 2.75) is 31.7 Å². The number of piperazine rings is 1. The summed E-state index contributed by atoms with van der Waals surface area (Å²) >= 11 is 0. The zero-order chi connectivity index (χ0) is 22.9. The van der Waals surface area contributed by atoms with E-state index in [4.69, 9.17) is 4.98 Å². The molecule has 1 aliphatic carbocycles. The summed E-state index contributed by atoms with van der Waals surface area (Å²) in [6, 6.07) is 6.10. The minimum Gasteiger partial charge on any atom is -0.368 e. The van der Waals surface area contributed by atoms with Gasteiger partial charge in [-0.3, -0.25) is 4.79 Å². The lowest BCUT2D eigenvalue weighted by Crippen LogP contribution is -2.44. The molecule has 174 valence electrons. The molecule has 2 aliphatic rings. The Morgan fingerprint density at radius 1 is 1.09 bits per heavy atom. The van der Waals surface area contributed by atoms with Crippen molar-refractivity contribution in [1.29, 1.82) is 0 Å². The topological polar surface area (TPSA) is 103 Å². The number of amides is 1. The number of fused-ring (bicyclic) bond motifs is 1. The first-order valence-electron chi connectivity index (χ1n) is 11.5. The highest BCUT2D eigenvalue weighted by Crippen LogP contribution is 2.35. The second-order valence-corrected chi connectivity index (χ2v) is 8.98. The van der Waals surface area contributed by atoms with E-state index in [2.05, 4.69) is 24.8 Å². The summed E-state index contributed by atoms with van der Waals surface area (Å²) in [7, 11) is 3.55. The van der Waals surface area contributed by atoms with E-state index in [1.54, 1.807) is 25.2 Å². The minimum absolute atomic E-state index is 0.0197. The Balaban J connectivity index is 1.41. The number of pyridine rings is 1. The zero-order valence-electron chi connectivity index (χ0n) is 19.1. The van der Waals surface area contributed by atoms with Gasteiger partial charge in [0, 0.05) is 57.9 Å². The van der Waals surface area contributed by atoms with Crippen LogP contribution in [0.25, 0.3) is 11.0 Å². The lowest BCUT2D eigenvalue weighted by molar-refractivity contribution is -0.0935. The standard InChI is InChI=1S/C23H30N8O2/c1-28(2)22(32)19-13-16-14-25-23(27-21(16)31(19)17-5-3-4-6-17)26-20-8-7-18(15-24-20)29-9-11-30(33)12-10-29/h7-8,13-15,17,33H,3-6,9-12H2,1-2H3,(H,24,25,26,27). The maximum atomic E-state index is 12.9. The van der Waals surface area contributed by atoms with Gasteiger partial charge in [-0.05, 0) is 31.0 Å². The van der Waals surface area contributed by atoms with Crippen molar-refractivity contribution in [2.24, 2.45) is 0 Å². The van der Waals surface area contributed by atoms with Gasteiger partial charge in [0.25, 0.3) is 5.91 Å². The summed E-state index contributed by atoms with van der Waals surface area (Å²) < 4.78 is 2.11. The highest BCUT2D eigenvalue weighted by atomic mass is 16.5. The normalized spacial score (nSPS) is 17.6. The maximum absolute atomic E-state index is 12.9. The summed E-state index contributed by atoms with van der Waals surface area (Å²) in [5, 5.41) is 15.0. The van der Waals surface area contributed by atoms with E-state index in [1.807, 2.05) is 24.4 Å². The predicted molar refractivity (Wildman–Crippen MR) is 126 cm³/mol. The molecule has 10 heteroatoms. The van der Waals surface area contributed by atoms with E-state index in [9.17, 15) is 10.0 Å². The third kappa shape index (κ3) is 4.36.